The molecule has 0 heterocycles. The summed E-state index contributed by atoms with van der Waals surface area (Å²) in [5.41, 5.74) is 10.9. The molecule has 0 unspecified atom stereocenters. The Balaban J connectivity index is 0.000000225. The van der Waals surface area contributed by atoms with Crippen LogP contribution in [0.2, 0.25) is 29.7 Å². The van der Waals surface area contributed by atoms with Crippen LogP contribution in [0.15, 0.2) is 103 Å². The minimum absolute atomic E-state index is 0. The molecule has 1 aliphatic carbocycles. The van der Waals surface area contributed by atoms with E-state index in [4.69, 9.17) is 23.2 Å². The van der Waals surface area contributed by atoms with Crippen LogP contribution in [0.1, 0.15) is 33.4 Å². The third-order valence-corrected chi connectivity index (χ3v) is 12.0. The summed E-state index contributed by atoms with van der Waals surface area (Å²) in [5.74, 6) is 0. The molecule has 0 spiro atoms. The monoisotopic (exact) mass is 740 g/mol. The summed E-state index contributed by atoms with van der Waals surface area (Å²) in [6.45, 7) is 11.6. The molecule has 0 saturated heterocycles. The number of hydrogen-bond acceptors (Lipinski definition) is 0. The van der Waals surface area contributed by atoms with E-state index >= 15 is 0 Å². The van der Waals surface area contributed by atoms with Crippen LogP contribution in [0.4, 0.5) is 0 Å². The van der Waals surface area contributed by atoms with Gasteiger partial charge in [-0.2, -0.15) is 52.2 Å². The molecule has 0 bridgehead atoms. The van der Waals surface area contributed by atoms with Crippen LogP contribution >= 0.6 is 48.0 Å². The van der Waals surface area contributed by atoms with Crippen LogP contribution in [0.3, 0.4) is 0 Å². The number of halogens is 4. The molecule has 6 heteroatoms. The first-order chi connectivity index (χ1) is 19.6. The standard InChI is InChI=1S/C13H9.C10H17Si.2C7H5Cl.2ClH.Zr/c1-3-7-12-10(5-1)9-11-6-2-4-8-13(11)12;1-8-6-9(2)10(7-8)11(3,4)5;2*1-6-2-4-7(8)5-3-6;;;/h1-5,7-8H,9H2;6-7H,1-5H3;2*1-5H;2*1H;/q2*-1;;;;;. The van der Waals surface area contributed by atoms with Crippen molar-refractivity contribution in [2.24, 2.45) is 0 Å². The third kappa shape index (κ3) is 11.3. The molecule has 43 heavy (non-hydrogen) atoms. The quantitative estimate of drug-likeness (QED) is 0.125. The Hall–Kier alpha value is -1.77. The fourth-order valence-corrected chi connectivity index (χ4v) is 9.23. The molecule has 5 aromatic carbocycles. The van der Waals surface area contributed by atoms with Gasteiger partial charge in [0.2, 0.25) is 0 Å². The van der Waals surface area contributed by atoms with Gasteiger partial charge in [-0.1, -0.05) is 68.9 Å². The zero-order valence-electron chi connectivity index (χ0n) is 25.2. The molecule has 0 radical (unpaired) electrons. The largest absolute Gasteiger partial charge is 0.179 e. The van der Waals surface area contributed by atoms with Gasteiger partial charge in [0.05, 0.1) is 0 Å². The normalized spacial score (nSPS) is 10.6. The Morgan fingerprint density at radius 1 is 0.744 bits per heavy atom. The fraction of sp³-hybridized carbons (Fsp3) is 0.162. The van der Waals surface area contributed by atoms with E-state index in [1.54, 1.807) is 5.19 Å². The molecule has 1 aliphatic rings. The first kappa shape index (κ1) is 37.4. The van der Waals surface area contributed by atoms with Crippen LogP contribution in [0, 0.1) is 19.9 Å². The molecule has 6 rings (SSSR count). The van der Waals surface area contributed by atoms with Crippen molar-refractivity contribution in [2.75, 3.05) is 0 Å². The van der Waals surface area contributed by atoms with E-state index in [1.807, 2.05) is 30.3 Å². The number of rotatable bonds is 3. The smallest absolute Gasteiger partial charge is 0.0253 e. The number of benzene rings is 4. The van der Waals surface area contributed by atoms with Gasteiger partial charge in [0.25, 0.3) is 0 Å². The Labute approximate surface area is 292 Å². The number of hydrogen-bond donors (Lipinski definition) is 0. The zero-order chi connectivity index (χ0) is 29.4. The molecular weight excluding hydrogens is 706 g/mol. The Kier molecular flexibility index (Phi) is 15.4. The molecule has 0 nitrogen and oxygen atoms in total. The Morgan fingerprint density at radius 3 is 1.77 bits per heavy atom. The second-order valence-electron chi connectivity index (χ2n) is 11.3. The Bertz CT molecular complexity index is 1560. The van der Waals surface area contributed by atoms with Crippen LogP contribution in [0.25, 0.3) is 11.1 Å². The maximum Gasteiger partial charge on any atom is -0.0253 e. The number of aryl methyl sites for hydroxylation is 2. The van der Waals surface area contributed by atoms with Gasteiger partial charge in [-0.25, -0.2) is 6.07 Å². The SMILES string of the molecule is Cc1cc([Si](C)(C)C)c(C)[cH-]1.Cl.Cl.Clc1ccc([CH]=[Zr]=[CH]c2ccc(Cl)cc2)cc1.[c-]1cccc2c1Cc1ccccc1-2. The van der Waals surface area contributed by atoms with E-state index in [2.05, 4.69) is 120 Å². The predicted molar refractivity (Wildman–Crippen MR) is 196 cm³/mol. The average Bonchev–Trinajstić information content (AvgIpc) is 3.50. The van der Waals surface area contributed by atoms with Gasteiger partial charge < -0.3 is 0 Å². The van der Waals surface area contributed by atoms with E-state index in [0.717, 1.165) is 16.5 Å². The molecule has 0 saturated carbocycles. The van der Waals surface area contributed by atoms with E-state index in [0.29, 0.717) is 0 Å². The summed E-state index contributed by atoms with van der Waals surface area (Å²) in [5, 5.41) is 3.19. The van der Waals surface area contributed by atoms with E-state index in [-0.39, 0.29) is 24.8 Å². The summed E-state index contributed by atoms with van der Waals surface area (Å²) in [7, 11) is -1.06. The van der Waals surface area contributed by atoms with Gasteiger partial charge in [-0.15, -0.1) is 30.4 Å². The van der Waals surface area contributed by atoms with Crippen LogP contribution in [-0.4, -0.2) is 15.5 Å². The van der Waals surface area contributed by atoms with Gasteiger partial charge in [0, 0.05) is 8.07 Å². The van der Waals surface area contributed by atoms with Gasteiger partial charge in [-0.3, -0.25) is 0 Å². The van der Waals surface area contributed by atoms with Crippen LogP contribution < -0.4 is 5.19 Å². The minimum atomic E-state index is -1.06. The molecule has 224 valence electrons. The second kappa shape index (κ2) is 17.6. The molecule has 5 aromatic rings. The van der Waals surface area contributed by atoms with Crippen molar-refractivity contribution >= 4 is 68.7 Å². The van der Waals surface area contributed by atoms with Gasteiger partial charge in [0.1, 0.15) is 0 Å². The minimum Gasteiger partial charge on any atom is -0.179 e. The van der Waals surface area contributed by atoms with Gasteiger partial charge in [-0.05, 0) is 6.42 Å². The molecular formula is C37H38Cl4SiZr-2. The van der Waals surface area contributed by atoms with E-state index < -0.39 is 30.3 Å². The second-order valence-corrected chi connectivity index (χ2v) is 19.5. The van der Waals surface area contributed by atoms with Crippen LogP contribution in [-0.2, 0) is 28.7 Å². The summed E-state index contributed by atoms with van der Waals surface area (Å²) in [4.78, 5) is 0. The first-order valence-corrected chi connectivity index (χ1v) is 21.0. The van der Waals surface area contributed by atoms with Crippen molar-refractivity contribution in [3.8, 4) is 11.1 Å². The predicted octanol–water partition coefficient (Wildman–Crippen LogP) is 10.5. The summed E-state index contributed by atoms with van der Waals surface area (Å²) in [6.07, 6.45) is 1.05. The van der Waals surface area contributed by atoms with Crippen molar-refractivity contribution in [1.29, 1.82) is 0 Å². The molecule has 0 atom stereocenters. The van der Waals surface area contributed by atoms with Crippen LogP contribution in [0.5, 0.6) is 0 Å². The molecule has 0 amide bonds. The van der Waals surface area contributed by atoms with Crippen molar-refractivity contribution in [2.45, 2.75) is 39.9 Å². The summed E-state index contributed by atoms with van der Waals surface area (Å²) in [6, 6.07) is 38.7. The van der Waals surface area contributed by atoms with E-state index in [1.165, 1.54) is 44.5 Å². The van der Waals surface area contributed by atoms with Gasteiger partial charge in [0.15, 0.2) is 0 Å². The van der Waals surface area contributed by atoms with Crippen molar-refractivity contribution in [3.05, 3.63) is 153 Å². The topological polar surface area (TPSA) is 0 Å². The molecule has 0 N–H and O–H groups in total. The maximum absolute atomic E-state index is 5.84. The number of fused-ring (bicyclic) bond motifs is 3. The van der Waals surface area contributed by atoms with Crippen molar-refractivity contribution in [3.63, 3.8) is 0 Å². The summed E-state index contributed by atoms with van der Waals surface area (Å²) >= 11 is 11.0. The van der Waals surface area contributed by atoms with Crippen molar-refractivity contribution in [1.82, 2.24) is 0 Å². The molecule has 0 fully saturated rings. The van der Waals surface area contributed by atoms with E-state index in [9.17, 15) is 0 Å². The summed E-state index contributed by atoms with van der Waals surface area (Å²) < 4.78 is 4.66. The third-order valence-electron chi connectivity index (χ3n) is 6.91. The Morgan fingerprint density at radius 2 is 1.28 bits per heavy atom. The molecule has 0 aromatic heterocycles. The van der Waals surface area contributed by atoms with Crippen molar-refractivity contribution < 1.29 is 22.3 Å². The average molecular weight is 744 g/mol. The fourth-order valence-electron chi connectivity index (χ4n) is 4.96. The van der Waals surface area contributed by atoms with Gasteiger partial charge >= 0.3 is 123 Å². The zero-order valence-corrected chi connectivity index (χ0v) is 31.9. The maximum atomic E-state index is 5.84. The first-order valence-electron chi connectivity index (χ1n) is 13.9. The molecule has 0 aliphatic heterocycles.